The summed E-state index contributed by atoms with van der Waals surface area (Å²) in [4.78, 5) is 24.6. The van der Waals surface area contributed by atoms with Gasteiger partial charge in [-0.3, -0.25) is 4.79 Å². The van der Waals surface area contributed by atoms with Gasteiger partial charge < -0.3 is 15.3 Å². The second kappa shape index (κ2) is 8.47. The Labute approximate surface area is 129 Å². The molecule has 0 aromatic heterocycles. The number of aromatic carboxylic acids is 1. The Kier molecular flexibility index (Phi) is 6.64. The summed E-state index contributed by atoms with van der Waals surface area (Å²) in [6.07, 6.45) is 3.52. The summed E-state index contributed by atoms with van der Waals surface area (Å²) in [6, 6.07) is 7.62. The van der Waals surface area contributed by atoms with E-state index >= 15 is 0 Å². The van der Waals surface area contributed by atoms with Crippen LogP contribution in [0.4, 0.5) is 5.69 Å². The number of rotatable bonds is 7. The molecule has 0 saturated heterocycles. The van der Waals surface area contributed by atoms with Crippen LogP contribution in [0, 0.1) is 11.3 Å². The Balaban J connectivity index is 2.74. The van der Waals surface area contributed by atoms with E-state index in [-0.39, 0.29) is 11.1 Å². The van der Waals surface area contributed by atoms with Crippen molar-refractivity contribution < 1.29 is 14.7 Å². The zero-order valence-corrected chi connectivity index (χ0v) is 12.7. The molecule has 6 nitrogen and oxygen atoms in total. The first-order chi connectivity index (χ1) is 10.5. The molecule has 0 bridgehead atoms. The molecule has 6 heteroatoms. The van der Waals surface area contributed by atoms with E-state index in [2.05, 4.69) is 12.2 Å². The highest BCUT2D eigenvalue weighted by Gasteiger charge is 2.11. The summed E-state index contributed by atoms with van der Waals surface area (Å²) < 4.78 is 0. The maximum absolute atomic E-state index is 12.0. The third kappa shape index (κ3) is 5.29. The largest absolute Gasteiger partial charge is 0.478 e. The van der Waals surface area contributed by atoms with Gasteiger partial charge in [0.15, 0.2) is 0 Å². The molecule has 0 radical (unpaired) electrons. The van der Waals surface area contributed by atoms with Crippen LogP contribution in [0.15, 0.2) is 36.0 Å². The lowest BCUT2D eigenvalue weighted by Crippen LogP contribution is -2.19. The van der Waals surface area contributed by atoms with Crippen molar-refractivity contribution in [2.24, 2.45) is 0 Å². The second-order valence-electron chi connectivity index (χ2n) is 4.83. The normalized spacial score (nSPS) is 10.7. The third-order valence-corrected chi connectivity index (χ3v) is 2.97. The van der Waals surface area contributed by atoms with E-state index < -0.39 is 11.9 Å². The topological polar surface area (TPSA) is 93.4 Å². The monoisotopic (exact) mass is 301 g/mol. The van der Waals surface area contributed by atoms with Crippen molar-refractivity contribution in [3.63, 3.8) is 0 Å². The zero-order valence-electron chi connectivity index (χ0n) is 12.7. The number of nitrogens with one attached hydrogen (secondary N) is 1. The molecule has 1 aromatic rings. The molecule has 0 unspecified atom stereocenters. The van der Waals surface area contributed by atoms with Gasteiger partial charge in [-0.1, -0.05) is 13.3 Å². The first-order valence-corrected chi connectivity index (χ1v) is 6.94. The van der Waals surface area contributed by atoms with E-state index in [4.69, 9.17) is 10.4 Å². The lowest BCUT2D eigenvalue weighted by atomic mass is 10.2. The first-order valence-electron chi connectivity index (χ1n) is 6.94. The van der Waals surface area contributed by atoms with Gasteiger partial charge in [0.25, 0.3) is 5.91 Å². The van der Waals surface area contributed by atoms with Crippen LogP contribution in [0.25, 0.3) is 0 Å². The zero-order chi connectivity index (χ0) is 16.5. The molecule has 0 fully saturated rings. The lowest BCUT2D eigenvalue weighted by Gasteiger charge is -2.14. The maximum atomic E-state index is 12.0. The van der Waals surface area contributed by atoms with E-state index in [1.165, 1.54) is 30.5 Å². The number of nitrogens with zero attached hydrogens (tertiary/aromatic N) is 2. The quantitative estimate of drug-likeness (QED) is 0.596. The van der Waals surface area contributed by atoms with Crippen LogP contribution in [0.3, 0.4) is 0 Å². The van der Waals surface area contributed by atoms with Crippen LogP contribution in [0.1, 0.15) is 30.1 Å². The van der Waals surface area contributed by atoms with Crippen molar-refractivity contribution >= 4 is 17.6 Å². The fourth-order valence-corrected chi connectivity index (χ4v) is 1.73. The number of carboxylic acids is 1. The van der Waals surface area contributed by atoms with Gasteiger partial charge in [-0.25, -0.2) is 4.79 Å². The number of hydrogen-bond donors (Lipinski definition) is 2. The molecule has 2 N–H and O–H groups in total. The van der Waals surface area contributed by atoms with E-state index in [1.807, 2.05) is 13.1 Å². The van der Waals surface area contributed by atoms with Crippen LogP contribution < -0.4 is 5.32 Å². The summed E-state index contributed by atoms with van der Waals surface area (Å²) in [5.74, 6) is -1.55. The predicted molar refractivity (Wildman–Crippen MR) is 83.3 cm³/mol. The van der Waals surface area contributed by atoms with Crippen LogP contribution >= 0.6 is 0 Å². The Bertz CT molecular complexity index is 600. The molecule has 116 valence electrons. The highest BCUT2D eigenvalue weighted by Crippen LogP contribution is 2.11. The number of benzene rings is 1. The van der Waals surface area contributed by atoms with Gasteiger partial charge in [-0.05, 0) is 30.7 Å². The molecule has 0 spiro atoms. The number of hydrogen-bond acceptors (Lipinski definition) is 4. The molecule has 22 heavy (non-hydrogen) atoms. The van der Waals surface area contributed by atoms with Crippen LogP contribution in [-0.2, 0) is 4.79 Å². The number of unbranched alkanes of at least 4 members (excludes halogenated alkanes) is 1. The molecule has 1 aromatic carbocycles. The van der Waals surface area contributed by atoms with Crippen LogP contribution in [0.5, 0.6) is 0 Å². The molecule has 0 saturated carbocycles. The number of carbonyl (C=O) groups is 2. The van der Waals surface area contributed by atoms with E-state index in [9.17, 15) is 9.59 Å². The van der Waals surface area contributed by atoms with Crippen molar-refractivity contribution in [1.82, 2.24) is 4.90 Å². The molecule has 1 rings (SSSR count). The predicted octanol–water partition coefficient (Wildman–Crippen LogP) is 2.46. The summed E-state index contributed by atoms with van der Waals surface area (Å²) in [6.45, 7) is 2.83. The Morgan fingerprint density at radius 1 is 1.36 bits per heavy atom. The second-order valence-corrected chi connectivity index (χ2v) is 4.83. The standard InChI is InChI=1S/C16H19N3O3/c1-3-4-9-19(2)11-13(10-17)15(20)18-14-7-5-12(6-8-14)16(21)22/h5-8,11H,3-4,9H2,1-2H3,(H,18,20)(H,21,22)/b13-11-. The van der Waals surface area contributed by atoms with Gasteiger partial charge in [-0.2, -0.15) is 5.26 Å². The van der Waals surface area contributed by atoms with Crippen molar-refractivity contribution in [1.29, 1.82) is 5.26 Å². The van der Waals surface area contributed by atoms with Gasteiger partial charge in [0.2, 0.25) is 0 Å². The van der Waals surface area contributed by atoms with Gasteiger partial charge in [-0.15, -0.1) is 0 Å². The van der Waals surface area contributed by atoms with Crippen molar-refractivity contribution in [2.75, 3.05) is 18.9 Å². The van der Waals surface area contributed by atoms with Gasteiger partial charge in [0, 0.05) is 25.5 Å². The molecular weight excluding hydrogens is 282 g/mol. The van der Waals surface area contributed by atoms with Crippen molar-refractivity contribution in [3.8, 4) is 6.07 Å². The fourth-order valence-electron chi connectivity index (χ4n) is 1.73. The molecule has 0 aliphatic carbocycles. The van der Waals surface area contributed by atoms with E-state index in [0.29, 0.717) is 5.69 Å². The smallest absolute Gasteiger partial charge is 0.335 e. The molecule has 0 heterocycles. The Hall–Kier alpha value is -2.81. The molecule has 0 aliphatic heterocycles. The summed E-state index contributed by atoms with van der Waals surface area (Å²) in [7, 11) is 1.81. The van der Waals surface area contributed by atoms with Gasteiger partial charge in [0.1, 0.15) is 11.6 Å². The van der Waals surface area contributed by atoms with E-state index in [0.717, 1.165) is 19.4 Å². The minimum Gasteiger partial charge on any atom is -0.478 e. The average Bonchev–Trinajstić information content (AvgIpc) is 2.50. The number of anilines is 1. The van der Waals surface area contributed by atoms with Crippen molar-refractivity contribution in [3.05, 3.63) is 41.6 Å². The van der Waals surface area contributed by atoms with Gasteiger partial charge >= 0.3 is 5.97 Å². The first kappa shape index (κ1) is 17.2. The lowest BCUT2D eigenvalue weighted by molar-refractivity contribution is -0.112. The molecule has 0 atom stereocenters. The minimum absolute atomic E-state index is 0.000846. The Morgan fingerprint density at radius 3 is 2.50 bits per heavy atom. The van der Waals surface area contributed by atoms with Crippen molar-refractivity contribution in [2.45, 2.75) is 19.8 Å². The summed E-state index contributed by atoms with van der Waals surface area (Å²) >= 11 is 0. The van der Waals surface area contributed by atoms with E-state index in [1.54, 1.807) is 4.90 Å². The number of amides is 1. The average molecular weight is 301 g/mol. The van der Waals surface area contributed by atoms with Crippen LogP contribution in [0.2, 0.25) is 0 Å². The Morgan fingerprint density at radius 2 is 2.00 bits per heavy atom. The van der Waals surface area contributed by atoms with Gasteiger partial charge in [0.05, 0.1) is 5.56 Å². The highest BCUT2D eigenvalue weighted by molar-refractivity contribution is 6.06. The number of nitriles is 1. The molecule has 0 aliphatic rings. The molecular formula is C16H19N3O3. The summed E-state index contributed by atoms with van der Waals surface area (Å²) in [5, 5.41) is 20.5. The molecule has 1 amide bonds. The SMILES string of the molecule is CCCCN(C)/C=C(/C#N)C(=O)Nc1ccc(C(=O)O)cc1. The number of carbonyl (C=O) groups excluding carboxylic acids is 1. The highest BCUT2D eigenvalue weighted by atomic mass is 16.4. The maximum Gasteiger partial charge on any atom is 0.335 e. The number of carboxylic acid groups (broad SMARTS) is 1. The third-order valence-electron chi connectivity index (χ3n) is 2.97. The van der Waals surface area contributed by atoms with Crippen LogP contribution in [-0.4, -0.2) is 35.5 Å². The fraction of sp³-hybridized carbons (Fsp3) is 0.312. The minimum atomic E-state index is -1.03. The summed E-state index contributed by atoms with van der Waals surface area (Å²) in [5.41, 5.74) is 0.571.